The summed E-state index contributed by atoms with van der Waals surface area (Å²) in [6.45, 7) is -0.137. The third-order valence-corrected chi connectivity index (χ3v) is 3.69. The summed E-state index contributed by atoms with van der Waals surface area (Å²) in [5.74, 6) is -1.82. The first kappa shape index (κ1) is 15.7. The lowest BCUT2D eigenvalue weighted by atomic mass is 10.2. The highest BCUT2D eigenvalue weighted by molar-refractivity contribution is 9.10. The molecule has 0 aliphatic carbocycles. The van der Waals surface area contributed by atoms with E-state index in [1.165, 1.54) is 18.2 Å². The first-order valence-electron chi connectivity index (χ1n) is 5.74. The highest BCUT2D eigenvalue weighted by Gasteiger charge is 2.15. The fourth-order valence-corrected chi connectivity index (χ4v) is 2.28. The minimum atomic E-state index is -0.700. The smallest absolute Gasteiger partial charge is 0.339 e. The number of nitrogen functional groups attached to an aromatic ring is 1. The molecule has 2 N–H and O–H groups in total. The predicted octanol–water partition coefficient (Wildman–Crippen LogP) is 4.32. The van der Waals surface area contributed by atoms with Gasteiger partial charge in [-0.3, -0.25) is 0 Å². The molecule has 0 aliphatic rings. The molecule has 21 heavy (non-hydrogen) atoms. The number of carbonyl (C=O) groups is 1. The molecule has 0 radical (unpaired) electrons. The van der Waals surface area contributed by atoms with E-state index in [4.69, 9.17) is 22.1 Å². The van der Waals surface area contributed by atoms with Crippen LogP contribution < -0.4 is 5.73 Å². The molecule has 0 atom stereocenters. The van der Waals surface area contributed by atoms with Crippen molar-refractivity contribution < 1.29 is 18.3 Å². The van der Waals surface area contributed by atoms with Gasteiger partial charge in [-0.05, 0) is 40.2 Å². The minimum Gasteiger partial charge on any atom is -0.457 e. The molecule has 2 aromatic rings. The molecule has 0 unspecified atom stereocenters. The predicted molar refractivity (Wildman–Crippen MR) is 79.0 cm³/mol. The maximum atomic E-state index is 13.2. The quantitative estimate of drug-likeness (QED) is 0.641. The molecule has 7 heteroatoms. The summed E-state index contributed by atoms with van der Waals surface area (Å²) in [4.78, 5) is 11.9. The largest absolute Gasteiger partial charge is 0.457 e. The average molecular weight is 377 g/mol. The highest BCUT2D eigenvalue weighted by atomic mass is 79.9. The van der Waals surface area contributed by atoms with Crippen molar-refractivity contribution in [1.29, 1.82) is 0 Å². The fraction of sp³-hybridized carbons (Fsp3) is 0.0714. The zero-order chi connectivity index (χ0) is 15.6. The van der Waals surface area contributed by atoms with Gasteiger partial charge in [0.2, 0.25) is 0 Å². The number of rotatable bonds is 3. The number of hydrogen-bond acceptors (Lipinski definition) is 3. The molecule has 0 saturated carbocycles. The molecule has 2 aromatic carbocycles. The second-order valence-electron chi connectivity index (χ2n) is 4.17. The first-order valence-corrected chi connectivity index (χ1v) is 6.91. The zero-order valence-electron chi connectivity index (χ0n) is 10.5. The number of hydrogen-bond donors (Lipinski definition) is 1. The molecule has 0 saturated heterocycles. The van der Waals surface area contributed by atoms with E-state index < -0.39 is 17.6 Å². The summed E-state index contributed by atoms with van der Waals surface area (Å²) in [5, 5.41) is 0.153. The third-order valence-electron chi connectivity index (χ3n) is 2.68. The Morgan fingerprint density at radius 1 is 1.29 bits per heavy atom. The number of nitrogens with two attached hydrogens (primary N) is 1. The van der Waals surface area contributed by atoms with Gasteiger partial charge in [-0.15, -0.1) is 0 Å². The van der Waals surface area contributed by atoms with E-state index in [2.05, 4.69) is 15.9 Å². The van der Waals surface area contributed by atoms with Crippen LogP contribution in [-0.4, -0.2) is 5.97 Å². The second kappa shape index (κ2) is 6.41. The SMILES string of the molecule is Nc1cc(C(=O)OCc2ccc(F)cc2Cl)c(Br)cc1F. The van der Waals surface area contributed by atoms with Gasteiger partial charge < -0.3 is 10.5 Å². The molecule has 0 aliphatic heterocycles. The molecule has 0 fully saturated rings. The summed E-state index contributed by atoms with van der Waals surface area (Å²) in [5.41, 5.74) is 5.79. The van der Waals surface area contributed by atoms with Crippen LogP contribution >= 0.6 is 27.5 Å². The Labute approximate surface area is 132 Å². The first-order chi connectivity index (χ1) is 9.88. The van der Waals surface area contributed by atoms with E-state index in [1.54, 1.807) is 0 Å². The summed E-state index contributed by atoms with van der Waals surface area (Å²) in [7, 11) is 0. The Hall–Kier alpha value is -1.66. The van der Waals surface area contributed by atoms with Crippen molar-refractivity contribution in [2.45, 2.75) is 6.61 Å². The number of halogens is 4. The molecule has 0 spiro atoms. The second-order valence-corrected chi connectivity index (χ2v) is 5.43. The van der Waals surface area contributed by atoms with Crippen molar-refractivity contribution >= 4 is 39.2 Å². The van der Waals surface area contributed by atoms with E-state index in [0.717, 1.165) is 12.1 Å². The number of carbonyl (C=O) groups excluding carboxylic acids is 1. The van der Waals surface area contributed by atoms with Crippen molar-refractivity contribution in [3.05, 3.63) is 62.6 Å². The Bertz CT molecular complexity index is 710. The number of ether oxygens (including phenoxy) is 1. The molecule has 110 valence electrons. The molecule has 2 rings (SSSR count). The Balaban J connectivity index is 2.13. The molecule has 0 aromatic heterocycles. The molecule has 0 amide bonds. The van der Waals surface area contributed by atoms with Crippen LogP contribution in [0.1, 0.15) is 15.9 Å². The molecular formula is C14H9BrClF2NO2. The third kappa shape index (κ3) is 3.71. The normalized spacial score (nSPS) is 10.5. The number of anilines is 1. The van der Waals surface area contributed by atoms with Gasteiger partial charge >= 0.3 is 5.97 Å². The lowest BCUT2D eigenvalue weighted by molar-refractivity contribution is 0.0472. The van der Waals surface area contributed by atoms with Crippen LogP contribution in [0.3, 0.4) is 0 Å². The highest BCUT2D eigenvalue weighted by Crippen LogP contribution is 2.24. The van der Waals surface area contributed by atoms with Gasteiger partial charge in [0.05, 0.1) is 16.3 Å². The van der Waals surface area contributed by atoms with Crippen molar-refractivity contribution in [1.82, 2.24) is 0 Å². The van der Waals surface area contributed by atoms with Gasteiger partial charge in [0.15, 0.2) is 0 Å². The molecule has 0 heterocycles. The number of benzene rings is 2. The van der Waals surface area contributed by atoms with E-state index in [0.29, 0.717) is 5.56 Å². The summed E-state index contributed by atoms with van der Waals surface area (Å²) in [6.07, 6.45) is 0. The van der Waals surface area contributed by atoms with Crippen LogP contribution in [0.2, 0.25) is 5.02 Å². The number of esters is 1. The summed E-state index contributed by atoms with van der Waals surface area (Å²) < 4.78 is 31.4. The van der Waals surface area contributed by atoms with Crippen LogP contribution in [0.5, 0.6) is 0 Å². The van der Waals surface area contributed by atoms with Crippen molar-refractivity contribution in [2.75, 3.05) is 5.73 Å². The van der Waals surface area contributed by atoms with Crippen LogP contribution in [0.4, 0.5) is 14.5 Å². The maximum absolute atomic E-state index is 13.2. The monoisotopic (exact) mass is 375 g/mol. The van der Waals surface area contributed by atoms with E-state index in [-0.39, 0.29) is 27.4 Å². The van der Waals surface area contributed by atoms with Crippen LogP contribution in [-0.2, 0) is 11.3 Å². The Kier molecular flexibility index (Phi) is 4.80. The van der Waals surface area contributed by atoms with Crippen LogP contribution in [0, 0.1) is 11.6 Å². The van der Waals surface area contributed by atoms with Crippen LogP contribution in [0.15, 0.2) is 34.8 Å². The lowest BCUT2D eigenvalue weighted by Crippen LogP contribution is -2.08. The minimum absolute atomic E-state index is 0.0899. The van der Waals surface area contributed by atoms with E-state index in [9.17, 15) is 13.6 Å². The van der Waals surface area contributed by atoms with E-state index >= 15 is 0 Å². The summed E-state index contributed by atoms with van der Waals surface area (Å²) in [6, 6.07) is 6.00. The van der Waals surface area contributed by atoms with Crippen molar-refractivity contribution in [2.24, 2.45) is 0 Å². The maximum Gasteiger partial charge on any atom is 0.339 e. The van der Waals surface area contributed by atoms with E-state index in [1.807, 2.05) is 0 Å². The van der Waals surface area contributed by atoms with Gasteiger partial charge in [0.25, 0.3) is 0 Å². The van der Waals surface area contributed by atoms with Gasteiger partial charge in [-0.2, -0.15) is 0 Å². The summed E-state index contributed by atoms with van der Waals surface area (Å²) >= 11 is 8.89. The zero-order valence-corrected chi connectivity index (χ0v) is 12.8. The van der Waals surface area contributed by atoms with Gasteiger partial charge in [-0.1, -0.05) is 17.7 Å². The topological polar surface area (TPSA) is 52.3 Å². The standard InChI is InChI=1S/C14H9BrClF2NO2/c15-10-5-12(18)13(19)4-9(10)14(20)21-6-7-1-2-8(17)3-11(7)16/h1-5H,6,19H2. The van der Waals surface area contributed by atoms with Crippen molar-refractivity contribution in [3.8, 4) is 0 Å². The van der Waals surface area contributed by atoms with Crippen LogP contribution in [0.25, 0.3) is 0 Å². The lowest BCUT2D eigenvalue weighted by Gasteiger charge is -2.09. The molecule has 3 nitrogen and oxygen atoms in total. The Morgan fingerprint density at radius 2 is 2.00 bits per heavy atom. The fourth-order valence-electron chi connectivity index (χ4n) is 1.58. The van der Waals surface area contributed by atoms with Gasteiger partial charge in [0, 0.05) is 10.0 Å². The molecule has 0 bridgehead atoms. The molecular weight excluding hydrogens is 368 g/mol. The average Bonchev–Trinajstić information content (AvgIpc) is 2.41. The Morgan fingerprint density at radius 3 is 2.67 bits per heavy atom. The van der Waals surface area contributed by atoms with Gasteiger partial charge in [0.1, 0.15) is 18.2 Å². The van der Waals surface area contributed by atoms with Gasteiger partial charge in [-0.25, -0.2) is 13.6 Å². The van der Waals surface area contributed by atoms with Crippen molar-refractivity contribution in [3.63, 3.8) is 0 Å².